The van der Waals surface area contributed by atoms with Crippen molar-refractivity contribution < 1.29 is 27.8 Å². The molecule has 1 N–H and O–H groups in total. The monoisotopic (exact) mass is 345 g/mol. The lowest BCUT2D eigenvalue weighted by Gasteiger charge is -2.12. The molecule has 0 aliphatic carbocycles. The van der Waals surface area contributed by atoms with Gasteiger partial charge in [-0.3, -0.25) is 0 Å². The number of carboxylic acids is 1. The summed E-state index contributed by atoms with van der Waals surface area (Å²) in [6.07, 6.45) is -5.57. The van der Waals surface area contributed by atoms with E-state index in [0.29, 0.717) is 5.56 Å². The lowest BCUT2D eigenvalue weighted by Crippen LogP contribution is -2.22. The van der Waals surface area contributed by atoms with Crippen LogP contribution in [0.25, 0.3) is 11.3 Å². The zero-order chi connectivity index (χ0) is 17.2. The zero-order valence-corrected chi connectivity index (χ0v) is 12.5. The molecule has 122 valence electrons. The number of halogens is 4. The molecule has 0 unspecified atom stereocenters. The lowest BCUT2D eigenvalue weighted by molar-refractivity contribution is -0.144. The SMILES string of the molecule is C[C@H](Oc1ccc(-c2cc(C(F)(F)F)cc(Cl)n2)cc1)C(=O)O. The van der Waals surface area contributed by atoms with Gasteiger partial charge in [-0.1, -0.05) is 11.6 Å². The van der Waals surface area contributed by atoms with Crippen LogP contribution in [0.15, 0.2) is 36.4 Å². The molecule has 0 aliphatic rings. The fourth-order valence-corrected chi connectivity index (χ4v) is 1.98. The summed E-state index contributed by atoms with van der Waals surface area (Å²) in [4.78, 5) is 14.6. The predicted molar refractivity (Wildman–Crippen MR) is 77.4 cm³/mol. The van der Waals surface area contributed by atoms with E-state index in [4.69, 9.17) is 21.4 Å². The van der Waals surface area contributed by atoms with E-state index in [1.807, 2.05) is 0 Å². The molecular formula is C15H11ClF3NO3. The van der Waals surface area contributed by atoms with Crippen LogP contribution < -0.4 is 4.74 Å². The number of aromatic nitrogens is 1. The Bertz CT molecular complexity index is 717. The number of rotatable bonds is 4. The molecule has 8 heteroatoms. The van der Waals surface area contributed by atoms with Gasteiger partial charge in [0.25, 0.3) is 0 Å². The number of hydrogen-bond donors (Lipinski definition) is 1. The second kappa shape index (κ2) is 6.45. The van der Waals surface area contributed by atoms with Crippen molar-refractivity contribution >= 4 is 17.6 Å². The normalized spacial score (nSPS) is 12.7. The Morgan fingerprint density at radius 3 is 2.39 bits per heavy atom. The van der Waals surface area contributed by atoms with E-state index in [9.17, 15) is 18.0 Å². The molecule has 0 fully saturated rings. The predicted octanol–water partition coefficient (Wildman–Crippen LogP) is 4.27. The summed E-state index contributed by atoms with van der Waals surface area (Å²) >= 11 is 5.64. The van der Waals surface area contributed by atoms with Gasteiger partial charge >= 0.3 is 12.1 Å². The molecule has 1 atom stereocenters. The summed E-state index contributed by atoms with van der Waals surface area (Å²) in [5.74, 6) is -0.845. The topological polar surface area (TPSA) is 59.4 Å². The number of nitrogens with zero attached hydrogens (tertiary/aromatic N) is 1. The molecule has 1 heterocycles. The smallest absolute Gasteiger partial charge is 0.416 e. The van der Waals surface area contributed by atoms with Crippen LogP contribution in [-0.4, -0.2) is 22.2 Å². The van der Waals surface area contributed by atoms with E-state index in [1.165, 1.54) is 31.2 Å². The summed E-state index contributed by atoms with van der Waals surface area (Å²) in [5.41, 5.74) is -0.441. The van der Waals surface area contributed by atoms with Gasteiger partial charge in [0.1, 0.15) is 10.9 Å². The van der Waals surface area contributed by atoms with E-state index < -0.39 is 23.8 Å². The minimum absolute atomic E-state index is 0.0580. The van der Waals surface area contributed by atoms with Gasteiger partial charge in [0.2, 0.25) is 0 Å². The molecule has 23 heavy (non-hydrogen) atoms. The quantitative estimate of drug-likeness (QED) is 0.841. The Kier molecular flexibility index (Phi) is 4.79. The van der Waals surface area contributed by atoms with Gasteiger partial charge in [-0.15, -0.1) is 0 Å². The molecule has 1 aromatic heterocycles. The van der Waals surface area contributed by atoms with Crippen molar-refractivity contribution in [2.75, 3.05) is 0 Å². The minimum Gasteiger partial charge on any atom is -0.479 e. The summed E-state index contributed by atoms with van der Waals surface area (Å²) in [6.45, 7) is 1.37. The third-order valence-electron chi connectivity index (χ3n) is 2.93. The minimum atomic E-state index is -4.53. The second-order valence-electron chi connectivity index (χ2n) is 4.68. The molecule has 0 radical (unpaired) electrons. The number of carboxylic acid groups (broad SMARTS) is 1. The van der Waals surface area contributed by atoms with Gasteiger partial charge in [0.15, 0.2) is 6.10 Å². The first kappa shape index (κ1) is 17.1. The van der Waals surface area contributed by atoms with E-state index in [1.54, 1.807) is 0 Å². The highest BCUT2D eigenvalue weighted by molar-refractivity contribution is 6.29. The summed E-state index contributed by atoms with van der Waals surface area (Å²) in [7, 11) is 0. The lowest BCUT2D eigenvalue weighted by atomic mass is 10.1. The van der Waals surface area contributed by atoms with Crippen LogP contribution in [0.1, 0.15) is 12.5 Å². The van der Waals surface area contributed by atoms with Crippen LogP contribution in [-0.2, 0) is 11.0 Å². The van der Waals surface area contributed by atoms with Crippen LogP contribution in [0, 0.1) is 0 Å². The first-order valence-corrected chi connectivity index (χ1v) is 6.79. The fourth-order valence-electron chi connectivity index (χ4n) is 1.77. The first-order valence-electron chi connectivity index (χ1n) is 6.41. The highest BCUT2D eigenvalue weighted by atomic mass is 35.5. The molecule has 0 bridgehead atoms. The Hall–Kier alpha value is -2.28. The fraction of sp³-hybridized carbons (Fsp3) is 0.200. The van der Waals surface area contributed by atoms with Gasteiger partial charge in [-0.25, -0.2) is 9.78 Å². The van der Waals surface area contributed by atoms with Gasteiger partial charge in [0, 0.05) is 5.56 Å². The Balaban J connectivity index is 2.29. The summed E-state index contributed by atoms with van der Waals surface area (Å²) in [6, 6.07) is 7.49. The highest BCUT2D eigenvalue weighted by Gasteiger charge is 2.31. The maximum Gasteiger partial charge on any atom is 0.416 e. The average molecular weight is 346 g/mol. The highest BCUT2D eigenvalue weighted by Crippen LogP contribution is 2.33. The molecular weight excluding hydrogens is 335 g/mol. The van der Waals surface area contributed by atoms with Crippen molar-refractivity contribution in [2.45, 2.75) is 19.2 Å². The van der Waals surface area contributed by atoms with Crippen molar-refractivity contribution in [1.82, 2.24) is 4.98 Å². The van der Waals surface area contributed by atoms with Crippen LogP contribution in [0.2, 0.25) is 5.15 Å². The standard InChI is InChI=1S/C15H11ClF3NO3/c1-8(14(21)22)23-11-4-2-9(3-5-11)12-6-10(15(17,18)19)7-13(16)20-12/h2-8H,1H3,(H,21,22)/t8-/m0/s1. The molecule has 0 aliphatic heterocycles. The zero-order valence-electron chi connectivity index (χ0n) is 11.8. The largest absolute Gasteiger partial charge is 0.479 e. The number of hydrogen-bond acceptors (Lipinski definition) is 3. The average Bonchev–Trinajstić information content (AvgIpc) is 2.46. The Morgan fingerprint density at radius 1 is 1.26 bits per heavy atom. The number of pyridine rings is 1. The third-order valence-corrected chi connectivity index (χ3v) is 3.13. The number of alkyl halides is 3. The van der Waals surface area contributed by atoms with E-state index >= 15 is 0 Å². The molecule has 1 aromatic carbocycles. The maximum atomic E-state index is 12.8. The van der Waals surface area contributed by atoms with Crippen molar-refractivity contribution in [2.24, 2.45) is 0 Å². The van der Waals surface area contributed by atoms with Crippen LogP contribution in [0.5, 0.6) is 5.75 Å². The number of ether oxygens (including phenoxy) is 1. The van der Waals surface area contributed by atoms with Crippen molar-refractivity contribution in [3.05, 3.63) is 47.1 Å². The first-order chi connectivity index (χ1) is 10.7. The van der Waals surface area contributed by atoms with Crippen LogP contribution >= 0.6 is 11.6 Å². The number of aliphatic carboxylic acids is 1. The van der Waals surface area contributed by atoms with Gasteiger partial charge in [-0.2, -0.15) is 13.2 Å². The Labute approximate surface area is 134 Å². The third kappa shape index (κ3) is 4.35. The van der Waals surface area contributed by atoms with Crippen LogP contribution in [0.3, 0.4) is 0 Å². The van der Waals surface area contributed by atoms with Gasteiger partial charge < -0.3 is 9.84 Å². The molecule has 2 rings (SSSR count). The second-order valence-corrected chi connectivity index (χ2v) is 5.07. The molecule has 4 nitrogen and oxygen atoms in total. The summed E-state index contributed by atoms with van der Waals surface area (Å²) < 4.78 is 43.5. The van der Waals surface area contributed by atoms with Crippen molar-refractivity contribution in [3.8, 4) is 17.0 Å². The number of benzene rings is 1. The van der Waals surface area contributed by atoms with Crippen molar-refractivity contribution in [3.63, 3.8) is 0 Å². The molecule has 2 aromatic rings. The molecule has 0 saturated heterocycles. The van der Waals surface area contributed by atoms with E-state index in [2.05, 4.69) is 4.98 Å². The Morgan fingerprint density at radius 2 is 1.87 bits per heavy atom. The molecule has 0 amide bonds. The van der Waals surface area contributed by atoms with E-state index in [0.717, 1.165) is 12.1 Å². The van der Waals surface area contributed by atoms with Crippen LogP contribution in [0.4, 0.5) is 13.2 Å². The van der Waals surface area contributed by atoms with Gasteiger partial charge in [0.05, 0.1) is 11.3 Å². The molecule has 0 saturated carbocycles. The van der Waals surface area contributed by atoms with E-state index in [-0.39, 0.29) is 16.6 Å². The summed E-state index contributed by atoms with van der Waals surface area (Å²) in [5, 5.41) is 8.49. The number of carbonyl (C=O) groups is 1. The maximum absolute atomic E-state index is 12.8. The molecule has 0 spiro atoms. The van der Waals surface area contributed by atoms with Crippen molar-refractivity contribution in [1.29, 1.82) is 0 Å². The van der Waals surface area contributed by atoms with Gasteiger partial charge in [-0.05, 0) is 43.3 Å².